The molecular formula is C15H23NOS. The number of amides is 1. The van der Waals surface area contributed by atoms with E-state index in [1.54, 1.807) is 0 Å². The zero-order chi connectivity index (χ0) is 14.0. The van der Waals surface area contributed by atoms with E-state index in [9.17, 15) is 4.79 Å². The van der Waals surface area contributed by atoms with Crippen LogP contribution in [0.2, 0.25) is 0 Å². The highest BCUT2D eigenvalue weighted by molar-refractivity contribution is 7.96. The first kappa shape index (κ1) is 15.1. The summed E-state index contributed by atoms with van der Waals surface area (Å²) in [6, 6.07) is 8.62. The van der Waals surface area contributed by atoms with Gasteiger partial charge in [-0.3, -0.25) is 4.79 Å². The fraction of sp³-hybridized carbons (Fsp3) is 0.533. The van der Waals surface area contributed by atoms with Crippen LogP contribution in [-0.2, 0) is 10.8 Å². The van der Waals surface area contributed by atoms with Gasteiger partial charge in [-0.05, 0) is 16.5 Å². The third-order valence-corrected chi connectivity index (χ3v) is 3.37. The van der Waals surface area contributed by atoms with Crippen molar-refractivity contribution in [3.05, 3.63) is 35.4 Å². The molecule has 1 rings (SSSR count). The lowest BCUT2D eigenvalue weighted by Crippen LogP contribution is -2.34. The topological polar surface area (TPSA) is 29.1 Å². The van der Waals surface area contributed by atoms with Gasteiger partial charge in [0.1, 0.15) is 0 Å². The summed E-state index contributed by atoms with van der Waals surface area (Å²) in [6.07, 6.45) is 0. The van der Waals surface area contributed by atoms with Crippen LogP contribution < -0.4 is 5.32 Å². The molecule has 18 heavy (non-hydrogen) atoms. The van der Waals surface area contributed by atoms with Crippen molar-refractivity contribution in [1.82, 2.24) is 5.32 Å². The maximum absolute atomic E-state index is 10.9. The molecule has 1 aromatic rings. The first-order valence-electron chi connectivity index (χ1n) is 6.21. The van der Waals surface area contributed by atoms with Gasteiger partial charge in [0, 0.05) is 12.0 Å². The van der Waals surface area contributed by atoms with E-state index in [1.165, 1.54) is 11.1 Å². The molecule has 0 aliphatic heterocycles. The van der Waals surface area contributed by atoms with E-state index in [2.05, 4.69) is 76.8 Å². The molecule has 1 N–H and O–H groups in total. The summed E-state index contributed by atoms with van der Waals surface area (Å²) in [5.74, 6) is 0. The second-order valence-electron chi connectivity index (χ2n) is 6.37. The van der Waals surface area contributed by atoms with Crippen LogP contribution in [-0.4, -0.2) is 11.8 Å². The van der Waals surface area contributed by atoms with Crippen molar-refractivity contribution in [2.45, 2.75) is 45.4 Å². The summed E-state index contributed by atoms with van der Waals surface area (Å²) in [6.45, 7) is 11.4. The molecule has 0 aromatic heterocycles. The van der Waals surface area contributed by atoms with Gasteiger partial charge >= 0.3 is 0 Å². The van der Waals surface area contributed by atoms with E-state index >= 15 is 0 Å². The number of carbonyl (C=O) groups excluding carboxylic acids is 1. The van der Waals surface area contributed by atoms with Crippen molar-refractivity contribution in [3.63, 3.8) is 0 Å². The van der Waals surface area contributed by atoms with Gasteiger partial charge in [-0.2, -0.15) is 0 Å². The highest BCUT2D eigenvalue weighted by Gasteiger charge is 2.22. The van der Waals surface area contributed by atoms with Crippen LogP contribution in [0.3, 0.4) is 0 Å². The Morgan fingerprint density at radius 1 is 1.06 bits per heavy atom. The summed E-state index contributed by atoms with van der Waals surface area (Å²) in [5.41, 5.74) is 2.62. The summed E-state index contributed by atoms with van der Waals surface area (Å²) in [5, 5.41) is 2.47. The maximum atomic E-state index is 10.9. The Labute approximate surface area is 116 Å². The Morgan fingerprint density at radius 2 is 1.50 bits per heavy atom. The quantitative estimate of drug-likeness (QED) is 0.797. The molecule has 0 bridgehead atoms. The largest absolute Gasteiger partial charge is 0.346 e. The Hall–Kier alpha value is -0.960. The van der Waals surface area contributed by atoms with Gasteiger partial charge in [0.25, 0.3) is 5.24 Å². The van der Waals surface area contributed by atoms with E-state index < -0.39 is 0 Å². The molecule has 0 fully saturated rings. The normalized spacial score (nSPS) is 12.3. The number of carbonyl (C=O) groups is 1. The number of nitrogens with one attached hydrogen (secondary N) is 1. The summed E-state index contributed by atoms with van der Waals surface area (Å²) < 4.78 is 0. The minimum Gasteiger partial charge on any atom is -0.346 e. The lowest BCUT2D eigenvalue weighted by atomic mass is 9.81. The number of hydrogen-bond acceptors (Lipinski definition) is 1. The second-order valence-corrected chi connectivity index (χ2v) is 6.78. The molecular weight excluding hydrogens is 242 g/mol. The van der Waals surface area contributed by atoms with E-state index in [0.717, 1.165) is 0 Å². The minimum atomic E-state index is -0.283. The molecule has 0 saturated carbocycles. The van der Waals surface area contributed by atoms with Gasteiger partial charge in [-0.25, -0.2) is 0 Å². The van der Waals surface area contributed by atoms with Crippen LogP contribution in [0.15, 0.2) is 24.3 Å². The molecule has 2 nitrogen and oxygen atoms in total. The van der Waals surface area contributed by atoms with Gasteiger partial charge in [0.05, 0.1) is 0 Å². The van der Waals surface area contributed by atoms with Crippen LogP contribution >= 0.6 is 12.6 Å². The first-order chi connectivity index (χ1) is 8.13. The van der Waals surface area contributed by atoms with E-state index in [4.69, 9.17) is 0 Å². The fourth-order valence-electron chi connectivity index (χ4n) is 1.82. The van der Waals surface area contributed by atoms with Crippen molar-refractivity contribution >= 4 is 17.9 Å². The maximum Gasteiger partial charge on any atom is 0.276 e. The predicted octanol–water partition coefficient (Wildman–Crippen LogP) is 3.90. The van der Waals surface area contributed by atoms with E-state index in [1.807, 2.05) is 0 Å². The molecule has 0 unspecified atom stereocenters. The van der Waals surface area contributed by atoms with Crippen molar-refractivity contribution < 1.29 is 4.79 Å². The molecule has 0 atom stereocenters. The molecule has 0 aliphatic carbocycles. The van der Waals surface area contributed by atoms with Gasteiger partial charge in [-0.1, -0.05) is 71.5 Å². The van der Waals surface area contributed by atoms with Gasteiger partial charge in [-0.15, -0.1) is 0 Å². The van der Waals surface area contributed by atoms with E-state index in [-0.39, 0.29) is 16.1 Å². The van der Waals surface area contributed by atoms with Gasteiger partial charge in [0.2, 0.25) is 0 Å². The Kier molecular flexibility index (Phi) is 4.49. The third kappa shape index (κ3) is 4.05. The fourth-order valence-corrected chi connectivity index (χ4v) is 1.90. The standard InChI is InChI=1S/C15H23NOS/c1-14(2,3)11-6-8-12(9-7-11)15(4,5)10-16-13(17)18/h6-9H,10H2,1-5H3,(H2,16,17,18). The first-order valence-corrected chi connectivity index (χ1v) is 6.65. The molecule has 1 amide bonds. The van der Waals surface area contributed by atoms with Crippen LogP contribution in [0, 0.1) is 0 Å². The number of rotatable bonds is 3. The lowest BCUT2D eigenvalue weighted by Gasteiger charge is -2.27. The highest BCUT2D eigenvalue weighted by Crippen LogP contribution is 2.27. The van der Waals surface area contributed by atoms with E-state index in [0.29, 0.717) is 6.54 Å². The average molecular weight is 265 g/mol. The van der Waals surface area contributed by atoms with Crippen LogP contribution in [0.4, 0.5) is 4.79 Å². The molecule has 0 radical (unpaired) electrons. The smallest absolute Gasteiger partial charge is 0.276 e. The van der Waals surface area contributed by atoms with Crippen LogP contribution in [0.1, 0.15) is 45.7 Å². The zero-order valence-corrected chi connectivity index (χ0v) is 12.8. The summed E-state index contributed by atoms with van der Waals surface area (Å²) in [4.78, 5) is 10.9. The molecule has 0 heterocycles. The Morgan fingerprint density at radius 3 is 1.89 bits per heavy atom. The number of hydrogen-bond donors (Lipinski definition) is 2. The Balaban J connectivity index is 2.87. The SMILES string of the molecule is CC(C)(C)c1ccc(C(C)(C)CNC(=O)S)cc1. The van der Waals surface area contributed by atoms with Gasteiger partial charge in [0.15, 0.2) is 0 Å². The minimum absolute atomic E-state index is 0.0885. The van der Waals surface area contributed by atoms with Crippen molar-refractivity contribution in [2.75, 3.05) is 6.54 Å². The van der Waals surface area contributed by atoms with Crippen LogP contribution in [0.5, 0.6) is 0 Å². The molecule has 3 heteroatoms. The molecule has 0 aliphatic rings. The van der Waals surface area contributed by atoms with Crippen LogP contribution in [0.25, 0.3) is 0 Å². The Bertz CT molecular complexity index is 415. The van der Waals surface area contributed by atoms with Crippen molar-refractivity contribution in [1.29, 1.82) is 0 Å². The summed E-state index contributed by atoms with van der Waals surface area (Å²) >= 11 is 3.73. The molecule has 100 valence electrons. The molecule has 0 spiro atoms. The van der Waals surface area contributed by atoms with Crippen molar-refractivity contribution in [3.8, 4) is 0 Å². The number of thiol groups is 1. The molecule has 1 aromatic carbocycles. The third-order valence-electron chi connectivity index (χ3n) is 3.21. The van der Waals surface area contributed by atoms with Gasteiger partial charge < -0.3 is 5.32 Å². The predicted molar refractivity (Wildman–Crippen MR) is 80.6 cm³/mol. The number of benzene rings is 1. The average Bonchev–Trinajstić information content (AvgIpc) is 2.26. The monoisotopic (exact) mass is 265 g/mol. The highest BCUT2D eigenvalue weighted by atomic mass is 32.1. The molecule has 0 saturated heterocycles. The second kappa shape index (κ2) is 5.35. The lowest BCUT2D eigenvalue weighted by molar-refractivity contribution is 0.259. The summed E-state index contributed by atoms with van der Waals surface area (Å²) in [7, 11) is 0. The zero-order valence-electron chi connectivity index (χ0n) is 11.9. The van der Waals surface area contributed by atoms with Crippen molar-refractivity contribution in [2.24, 2.45) is 0 Å².